The Morgan fingerprint density at radius 1 is 1.73 bits per heavy atom. The molecule has 0 aromatic carbocycles. The fourth-order valence-electron chi connectivity index (χ4n) is 0.739. The molecule has 0 aromatic rings. The molecule has 0 bridgehead atoms. The van der Waals surface area contributed by atoms with Crippen molar-refractivity contribution in [3.63, 3.8) is 0 Å². The van der Waals surface area contributed by atoms with Crippen LogP contribution in [0, 0.1) is 17.8 Å². The van der Waals surface area contributed by atoms with Gasteiger partial charge in [0.2, 0.25) is 0 Å². The van der Waals surface area contributed by atoms with Gasteiger partial charge in [-0.1, -0.05) is 0 Å². The Morgan fingerprint density at radius 3 is 2.73 bits per heavy atom. The molecule has 0 aliphatic carbocycles. The van der Waals surface area contributed by atoms with E-state index in [1.165, 1.54) is 0 Å². The molecular weight excluding hydrogens is 142 g/mol. The van der Waals surface area contributed by atoms with Crippen molar-refractivity contribution in [2.45, 2.75) is 19.8 Å². The highest BCUT2D eigenvalue weighted by Gasteiger charge is 2.14. The molecule has 3 N–H and O–H groups in total. The first-order valence-electron chi connectivity index (χ1n) is 3.54. The lowest BCUT2D eigenvalue weighted by Crippen LogP contribution is -2.17. The quantitative estimate of drug-likeness (QED) is 0.579. The van der Waals surface area contributed by atoms with Crippen molar-refractivity contribution in [1.29, 1.82) is 0 Å². The minimum Gasteiger partial charge on any atom is -0.481 e. The molecule has 0 saturated heterocycles. The summed E-state index contributed by atoms with van der Waals surface area (Å²) in [6.45, 7) is 2.10. The average molecular weight is 155 g/mol. The summed E-state index contributed by atoms with van der Waals surface area (Å²) in [6, 6.07) is 0. The van der Waals surface area contributed by atoms with E-state index in [1.54, 1.807) is 6.92 Å². The maximum atomic E-state index is 10.5. The molecule has 1 unspecified atom stereocenters. The van der Waals surface area contributed by atoms with E-state index in [0.717, 1.165) is 0 Å². The van der Waals surface area contributed by atoms with Gasteiger partial charge in [-0.25, -0.2) is 0 Å². The van der Waals surface area contributed by atoms with Gasteiger partial charge in [0.15, 0.2) is 0 Å². The third-order valence-electron chi connectivity index (χ3n) is 1.39. The molecule has 11 heavy (non-hydrogen) atoms. The molecule has 0 aliphatic rings. The molecule has 0 rings (SSSR count). The van der Waals surface area contributed by atoms with Crippen LogP contribution in [0.5, 0.6) is 0 Å². The van der Waals surface area contributed by atoms with Crippen molar-refractivity contribution in [3.8, 4) is 11.8 Å². The number of carboxylic acid groups (broad SMARTS) is 1. The van der Waals surface area contributed by atoms with Gasteiger partial charge in [-0.3, -0.25) is 4.79 Å². The van der Waals surface area contributed by atoms with Gasteiger partial charge in [0.25, 0.3) is 0 Å². The number of nitrogens with two attached hydrogens (primary N) is 1. The summed E-state index contributed by atoms with van der Waals surface area (Å²) >= 11 is 0. The Bertz CT molecular complexity index is 178. The topological polar surface area (TPSA) is 63.3 Å². The predicted molar refractivity (Wildman–Crippen MR) is 42.9 cm³/mol. The lowest BCUT2D eigenvalue weighted by Gasteiger charge is -2.05. The number of carboxylic acids is 1. The van der Waals surface area contributed by atoms with E-state index in [-0.39, 0.29) is 0 Å². The van der Waals surface area contributed by atoms with Crippen molar-refractivity contribution in [2.75, 3.05) is 6.54 Å². The molecule has 0 spiro atoms. The Labute approximate surface area is 66.6 Å². The molecule has 0 fully saturated rings. The molecule has 0 aliphatic heterocycles. The highest BCUT2D eigenvalue weighted by atomic mass is 16.4. The summed E-state index contributed by atoms with van der Waals surface area (Å²) in [5.41, 5.74) is 5.23. The van der Waals surface area contributed by atoms with Crippen LogP contribution in [0.1, 0.15) is 19.8 Å². The highest BCUT2D eigenvalue weighted by Crippen LogP contribution is 2.06. The van der Waals surface area contributed by atoms with Gasteiger partial charge in [0.05, 0.1) is 5.92 Å². The van der Waals surface area contributed by atoms with E-state index < -0.39 is 11.9 Å². The van der Waals surface area contributed by atoms with Gasteiger partial charge in [-0.05, 0) is 19.9 Å². The lowest BCUT2D eigenvalue weighted by atomic mass is 10.0. The van der Waals surface area contributed by atoms with Crippen molar-refractivity contribution in [1.82, 2.24) is 0 Å². The molecule has 3 nitrogen and oxygen atoms in total. The first-order valence-corrected chi connectivity index (χ1v) is 3.54. The van der Waals surface area contributed by atoms with Gasteiger partial charge >= 0.3 is 5.97 Å². The first-order chi connectivity index (χ1) is 5.22. The normalized spacial score (nSPS) is 11.5. The molecule has 1 atom stereocenters. The summed E-state index contributed by atoms with van der Waals surface area (Å²) < 4.78 is 0. The predicted octanol–water partition coefficient (Wildman–Crippen LogP) is 0.449. The second-order valence-corrected chi connectivity index (χ2v) is 2.24. The van der Waals surface area contributed by atoms with Crippen molar-refractivity contribution >= 4 is 5.97 Å². The standard InChI is InChI=1S/C8H13NO2/c1-2-3-4-7(5-6-9)8(10)11/h7H,4-6,9H2,1H3,(H,10,11). The smallest absolute Gasteiger partial charge is 0.307 e. The van der Waals surface area contributed by atoms with E-state index >= 15 is 0 Å². The summed E-state index contributed by atoms with van der Waals surface area (Å²) in [6.07, 6.45) is 0.910. The first kappa shape index (κ1) is 9.99. The highest BCUT2D eigenvalue weighted by molar-refractivity contribution is 5.70. The van der Waals surface area contributed by atoms with E-state index in [0.29, 0.717) is 19.4 Å². The second kappa shape index (κ2) is 5.75. The maximum absolute atomic E-state index is 10.5. The zero-order chi connectivity index (χ0) is 8.69. The molecule has 3 heteroatoms. The van der Waals surface area contributed by atoms with Gasteiger partial charge in [0.1, 0.15) is 0 Å². The van der Waals surface area contributed by atoms with Gasteiger partial charge in [0, 0.05) is 6.42 Å². The van der Waals surface area contributed by atoms with Crippen LogP contribution in [0.3, 0.4) is 0 Å². The Hall–Kier alpha value is -1.01. The van der Waals surface area contributed by atoms with Crippen LogP contribution in [0.2, 0.25) is 0 Å². The third kappa shape index (κ3) is 4.40. The van der Waals surface area contributed by atoms with Crippen LogP contribution in [-0.2, 0) is 4.79 Å². The number of hydrogen-bond donors (Lipinski definition) is 2. The van der Waals surface area contributed by atoms with Crippen molar-refractivity contribution in [3.05, 3.63) is 0 Å². The minimum absolute atomic E-state index is 0.396. The molecular formula is C8H13NO2. The molecule has 62 valence electrons. The van der Waals surface area contributed by atoms with Crippen LogP contribution < -0.4 is 5.73 Å². The Kier molecular flexibility index (Phi) is 5.22. The zero-order valence-corrected chi connectivity index (χ0v) is 6.63. The van der Waals surface area contributed by atoms with Gasteiger partial charge < -0.3 is 10.8 Å². The van der Waals surface area contributed by atoms with Crippen molar-refractivity contribution in [2.24, 2.45) is 11.7 Å². The SMILES string of the molecule is CC#CCC(CCN)C(=O)O. The van der Waals surface area contributed by atoms with E-state index in [1.807, 2.05) is 0 Å². The van der Waals surface area contributed by atoms with Crippen molar-refractivity contribution < 1.29 is 9.90 Å². The van der Waals surface area contributed by atoms with Crippen LogP contribution >= 0.6 is 0 Å². The number of hydrogen-bond acceptors (Lipinski definition) is 2. The summed E-state index contributed by atoms with van der Waals surface area (Å²) in [5, 5.41) is 8.61. The van der Waals surface area contributed by atoms with E-state index in [4.69, 9.17) is 10.8 Å². The van der Waals surface area contributed by atoms with Crippen LogP contribution in [0.4, 0.5) is 0 Å². The third-order valence-corrected chi connectivity index (χ3v) is 1.39. The van der Waals surface area contributed by atoms with Crippen LogP contribution in [0.15, 0.2) is 0 Å². The summed E-state index contributed by atoms with van der Waals surface area (Å²) in [7, 11) is 0. The van der Waals surface area contributed by atoms with E-state index in [2.05, 4.69) is 11.8 Å². The summed E-state index contributed by atoms with van der Waals surface area (Å²) in [4.78, 5) is 10.5. The number of aliphatic carboxylic acids is 1. The van der Waals surface area contributed by atoms with Gasteiger partial charge in [-0.2, -0.15) is 0 Å². The monoisotopic (exact) mass is 155 g/mol. The zero-order valence-electron chi connectivity index (χ0n) is 6.63. The van der Waals surface area contributed by atoms with E-state index in [9.17, 15) is 4.79 Å². The minimum atomic E-state index is -0.807. The summed E-state index contributed by atoms with van der Waals surface area (Å²) in [5.74, 6) is 4.18. The fourth-order valence-corrected chi connectivity index (χ4v) is 0.739. The molecule has 0 radical (unpaired) electrons. The fraction of sp³-hybridized carbons (Fsp3) is 0.625. The largest absolute Gasteiger partial charge is 0.481 e. The Balaban J connectivity index is 3.85. The Morgan fingerprint density at radius 2 is 2.36 bits per heavy atom. The number of rotatable bonds is 4. The molecule has 0 amide bonds. The van der Waals surface area contributed by atoms with Gasteiger partial charge in [-0.15, -0.1) is 11.8 Å². The maximum Gasteiger partial charge on any atom is 0.307 e. The van der Waals surface area contributed by atoms with Crippen LogP contribution in [0.25, 0.3) is 0 Å². The molecule has 0 heterocycles. The molecule has 0 saturated carbocycles. The number of carbonyl (C=O) groups is 1. The average Bonchev–Trinajstić information content (AvgIpc) is 1.97. The van der Waals surface area contributed by atoms with Crippen LogP contribution in [-0.4, -0.2) is 17.6 Å². The lowest BCUT2D eigenvalue weighted by molar-refractivity contribution is -0.141. The second-order valence-electron chi connectivity index (χ2n) is 2.24. The molecule has 0 aromatic heterocycles.